The molecule has 0 aromatic heterocycles. The molecule has 208 valence electrons. The predicted octanol–water partition coefficient (Wildman–Crippen LogP) is -5.64. The first-order valence-corrected chi connectivity index (χ1v) is 11.5. The summed E-state index contributed by atoms with van der Waals surface area (Å²) in [5, 5.41) is 102. The zero-order valence-electron chi connectivity index (χ0n) is 19.3. The molecule has 0 unspecified atom stereocenters. The Morgan fingerprint density at radius 3 is 2.03 bits per heavy atom. The summed E-state index contributed by atoms with van der Waals surface area (Å²) in [4.78, 5) is 0. The van der Waals surface area contributed by atoms with E-state index in [2.05, 4.69) is 0 Å². The highest BCUT2D eigenvalue weighted by Gasteiger charge is 2.64. The highest BCUT2D eigenvalue weighted by atomic mass is 16.8. The fraction of sp³-hybridized carbons (Fsp3) is 0.905. The maximum Gasteiger partial charge on any atom is 0.210 e. The van der Waals surface area contributed by atoms with E-state index in [0.717, 1.165) is 6.26 Å². The Bertz CT molecular complexity index is 793. The molecule has 2 saturated heterocycles. The number of rotatable bonds is 6. The first kappa shape index (κ1) is 28.0. The summed E-state index contributed by atoms with van der Waals surface area (Å²) < 4.78 is 27.2. The number of ether oxygens (including phenoxy) is 5. The zero-order chi connectivity index (χ0) is 26.6. The van der Waals surface area contributed by atoms with Crippen molar-refractivity contribution in [3.63, 3.8) is 0 Å². The minimum Gasteiger partial charge on any atom is -0.472 e. The van der Waals surface area contributed by atoms with Gasteiger partial charge in [0, 0.05) is 6.42 Å². The third kappa shape index (κ3) is 4.78. The van der Waals surface area contributed by atoms with Crippen molar-refractivity contribution < 1.29 is 74.7 Å². The van der Waals surface area contributed by atoms with Gasteiger partial charge in [0.25, 0.3) is 0 Å². The molecule has 0 spiro atoms. The summed E-state index contributed by atoms with van der Waals surface area (Å²) in [5.74, 6) is -1.21. The van der Waals surface area contributed by atoms with Crippen LogP contribution in [0.15, 0.2) is 12.3 Å². The Hall–Kier alpha value is -1.02. The van der Waals surface area contributed by atoms with E-state index in [-0.39, 0.29) is 6.42 Å². The van der Waals surface area contributed by atoms with Gasteiger partial charge in [0.15, 0.2) is 12.6 Å². The molecule has 0 aromatic rings. The number of hydrogen-bond acceptors (Lipinski definition) is 15. The number of aliphatic hydroxyl groups excluding tert-OH is 8. The van der Waals surface area contributed by atoms with Gasteiger partial charge in [-0.2, -0.15) is 0 Å². The predicted molar refractivity (Wildman–Crippen MR) is 111 cm³/mol. The average Bonchev–Trinajstić information content (AvgIpc) is 3.02. The smallest absolute Gasteiger partial charge is 0.210 e. The van der Waals surface area contributed by atoms with E-state index in [0.29, 0.717) is 0 Å². The molecule has 15 heteroatoms. The van der Waals surface area contributed by atoms with Gasteiger partial charge in [-0.3, -0.25) is 0 Å². The Morgan fingerprint density at radius 2 is 1.39 bits per heavy atom. The van der Waals surface area contributed by atoms with Crippen LogP contribution in [0.4, 0.5) is 0 Å². The van der Waals surface area contributed by atoms with Gasteiger partial charge in [0.05, 0.1) is 37.1 Å². The van der Waals surface area contributed by atoms with Gasteiger partial charge >= 0.3 is 0 Å². The van der Waals surface area contributed by atoms with Gasteiger partial charge in [0.2, 0.25) is 6.29 Å². The molecule has 3 heterocycles. The van der Waals surface area contributed by atoms with Crippen molar-refractivity contribution in [3.05, 3.63) is 12.3 Å². The van der Waals surface area contributed by atoms with Crippen molar-refractivity contribution in [1.82, 2.24) is 0 Å². The van der Waals surface area contributed by atoms with Gasteiger partial charge in [-0.1, -0.05) is 0 Å². The standard InChI is InChI=1S/C21H34O15/c1-20(30)4-9(23)21(31)2-3-32-19(16(20)21)36-18-15(29)13(27)11(25)8(35-18)6-33-17-14(28)12(26)10(24)7(5-22)34-17/h2-3,7-19,22-31H,4-6H2,1H3/t7-,8-,9-,10-,11-,12+,13+,14-,15-,16-,17-,18+,19+,20+,21-/m1/s1. The van der Waals surface area contributed by atoms with Crippen LogP contribution in [0.3, 0.4) is 0 Å². The van der Waals surface area contributed by atoms with Crippen LogP contribution >= 0.6 is 0 Å². The second kappa shape index (κ2) is 10.3. The molecule has 1 saturated carbocycles. The van der Waals surface area contributed by atoms with Crippen LogP contribution in [0.1, 0.15) is 13.3 Å². The average molecular weight is 526 g/mol. The summed E-state index contributed by atoms with van der Waals surface area (Å²) in [5.41, 5.74) is -3.55. The van der Waals surface area contributed by atoms with Gasteiger partial charge in [0.1, 0.15) is 54.4 Å². The molecule has 1 aliphatic carbocycles. The van der Waals surface area contributed by atoms with E-state index in [9.17, 15) is 51.1 Å². The largest absolute Gasteiger partial charge is 0.472 e. The monoisotopic (exact) mass is 526 g/mol. The zero-order valence-corrected chi connectivity index (χ0v) is 19.3. The summed E-state index contributed by atoms with van der Waals surface area (Å²) in [6.07, 6.45) is -16.9. The molecule has 0 bridgehead atoms. The third-order valence-corrected chi connectivity index (χ3v) is 7.34. The lowest BCUT2D eigenvalue weighted by atomic mass is 9.81. The maximum absolute atomic E-state index is 10.9. The Labute approximate surface area is 205 Å². The Kier molecular flexibility index (Phi) is 7.99. The van der Waals surface area contributed by atoms with Gasteiger partial charge in [-0.05, 0) is 13.0 Å². The molecule has 0 radical (unpaired) electrons. The Morgan fingerprint density at radius 1 is 0.806 bits per heavy atom. The summed E-state index contributed by atoms with van der Waals surface area (Å²) >= 11 is 0. The number of fused-ring (bicyclic) bond motifs is 1. The van der Waals surface area contributed by atoms with Crippen LogP contribution in [-0.4, -0.2) is 149 Å². The molecular weight excluding hydrogens is 492 g/mol. The molecule has 0 amide bonds. The van der Waals surface area contributed by atoms with Crippen LogP contribution in [0.25, 0.3) is 0 Å². The second-order valence-electron chi connectivity index (χ2n) is 9.93. The molecule has 36 heavy (non-hydrogen) atoms. The molecule has 4 aliphatic rings. The highest BCUT2D eigenvalue weighted by Crippen LogP contribution is 2.49. The van der Waals surface area contributed by atoms with Crippen molar-refractivity contribution in [2.24, 2.45) is 5.92 Å². The highest BCUT2D eigenvalue weighted by molar-refractivity contribution is 5.21. The SMILES string of the molecule is C[C@]1(O)C[C@@H](O)[C@]2(O)C=CO[C@@H](O[C@@H]3O[C@H](CO[C@@H]4O[C@H](CO)[C@@H](O)[C@H](O)[C@H]4O)[C@@H](O)[C@H](O)[C@H]3O)[C@@H]21. The second-order valence-corrected chi connectivity index (χ2v) is 9.93. The first-order valence-electron chi connectivity index (χ1n) is 11.5. The first-order chi connectivity index (χ1) is 16.8. The van der Waals surface area contributed by atoms with Gasteiger partial charge < -0.3 is 74.7 Å². The maximum atomic E-state index is 10.9. The van der Waals surface area contributed by atoms with Crippen LogP contribution < -0.4 is 0 Å². The summed E-state index contributed by atoms with van der Waals surface area (Å²) in [7, 11) is 0. The molecule has 15 atom stereocenters. The molecule has 4 rings (SSSR count). The molecular formula is C21H34O15. The van der Waals surface area contributed by atoms with Crippen molar-refractivity contribution >= 4 is 0 Å². The van der Waals surface area contributed by atoms with Crippen LogP contribution in [0, 0.1) is 5.92 Å². The van der Waals surface area contributed by atoms with E-state index in [1.165, 1.54) is 13.0 Å². The lowest BCUT2D eigenvalue weighted by Crippen LogP contribution is -2.63. The van der Waals surface area contributed by atoms with Gasteiger partial charge in [-0.15, -0.1) is 0 Å². The Balaban J connectivity index is 1.44. The third-order valence-electron chi connectivity index (χ3n) is 7.34. The van der Waals surface area contributed by atoms with Crippen LogP contribution in [0.2, 0.25) is 0 Å². The van der Waals surface area contributed by atoms with Crippen molar-refractivity contribution in [3.8, 4) is 0 Å². The number of hydrogen-bond donors (Lipinski definition) is 10. The van der Waals surface area contributed by atoms with E-state index in [4.69, 9.17) is 23.7 Å². The molecule has 10 N–H and O–H groups in total. The van der Waals surface area contributed by atoms with E-state index in [1.54, 1.807) is 0 Å². The molecule has 3 fully saturated rings. The summed E-state index contributed by atoms with van der Waals surface area (Å²) in [6.45, 7) is 0.115. The lowest BCUT2D eigenvalue weighted by molar-refractivity contribution is -0.360. The van der Waals surface area contributed by atoms with Crippen molar-refractivity contribution in [2.75, 3.05) is 13.2 Å². The minimum absolute atomic E-state index is 0.202. The fourth-order valence-corrected chi connectivity index (χ4v) is 5.22. The normalized spacial score (nSPS) is 55.2. The van der Waals surface area contributed by atoms with Crippen molar-refractivity contribution in [1.29, 1.82) is 0 Å². The fourth-order valence-electron chi connectivity index (χ4n) is 5.22. The van der Waals surface area contributed by atoms with E-state index < -0.39 is 104 Å². The van der Waals surface area contributed by atoms with Crippen LogP contribution in [-0.2, 0) is 23.7 Å². The molecule has 3 aliphatic heterocycles. The lowest BCUT2D eigenvalue weighted by Gasteiger charge is -2.46. The van der Waals surface area contributed by atoms with E-state index >= 15 is 0 Å². The molecule has 15 nitrogen and oxygen atoms in total. The minimum atomic E-state index is -1.91. The topological polar surface area (TPSA) is 248 Å². The van der Waals surface area contributed by atoms with Crippen LogP contribution in [0.5, 0.6) is 0 Å². The van der Waals surface area contributed by atoms with E-state index in [1.807, 2.05) is 0 Å². The molecule has 0 aromatic carbocycles. The quantitative estimate of drug-likeness (QED) is 0.155. The number of aliphatic hydroxyl groups is 10. The van der Waals surface area contributed by atoms with Gasteiger partial charge in [-0.25, -0.2) is 0 Å². The van der Waals surface area contributed by atoms with Crippen molar-refractivity contribution in [2.45, 2.75) is 98.4 Å². The summed E-state index contributed by atoms with van der Waals surface area (Å²) in [6, 6.07) is 0.